The van der Waals surface area contributed by atoms with Gasteiger partial charge in [-0.05, 0) is 37.3 Å². The number of nitrogens with one attached hydrogen (secondary N) is 2. The number of carbonyl (C=O) groups is 2. The minimum Gasteiger partial charge on any atom is -0.352 e. The fraction of sp³-hybridized carbons (Fsp3) is 0.125. The van der Waals surface area contributed by atoms with Crippen molar-refractivity contribution >= 4 is 40.7 Å². The summed E-state index contributed by atoms with van der Waals surface area (Å²) in [6.07, 6.45) is 0. The van der Waals surface area contributed by atoms with Crippen LogP contribution in [-0.2, 0) is 0 Å². The van der Waals surface area contributed by atoms with Crippen molar-refractivity contribution in [1.29, 1.82) is 0 Å². The molecule has 0 fully saturated rings. The van der Waals surface area contributed by atoms with E-state index in [1.54, 1.807) is 25.1 Å². The Kier molecular flexibility index (Phi) is 5.58. The predicted octanol–water partition coefficient (Wildman–Crippen LogP) is 4.13. The lowest BCUT2D eigenvalue weighted by Gasteiger charge is -2.09. The molecule has 2 aromatic carbocycles. The Labute approximate surface area is 142 Å². The highest BCUT2D eigenvalue weighted by Gasteiger charge is 2.15. The molecule has 2 rings (SSSR count). The lowest BCUT2D eigenvalue weighted by atomic mass is 10.1. The maximum Gasteiger partial charge on any atom is 0.257 e. The van der Waals surface area contributed by atoms with Crippen molar-refractivity contribution in [3.63, 3.8) is 0 Å². The molecule has 0 atom stereocenters. The second kappa shape index (κ2) is 7.44. The fourth-order valence-electron chi connectivity index (χ4n) is 1.90. The van der Waals surface area contributed by atoms with E-state index in [0.717, 1.165) is 6.07 Å². The van der Waals surface area contributed by atoms with Crippen molar-refractivity contribution in [3.05, 3.63) is 63.4 Å². The van der Waals surface area contributed by atoms with Crippen LogP contribution >= 0.6 is 23.2 Å². The van der Waals surface area contributed by atoms with Gasteiger partial charge in [0, 0.05) is 17.8 Å². The number of halogens is 3. The van der Waals surface area contributed by atoms with E-state index in [4.69, 9.17) is 23.2 Å². The van der Waals surface area contributed by atoms with Crippen LogP contribution in [0.5, 0.6) is 0 Å². The summed E-state index contributed by atoms with van der Waals surface area (Å²) in [7, 11) is 0. The standard InChI is InChI=1S/C16H13Cl2FN2O2/c1-2-20-15(22)9-4-3-5-10(6-9)21-16(23)11-7-14(19)13(18)8-12(11)17/h3-8H,2H2,1H3,(H,20,22)(H,21,23). The van der Waals surface area contributed by atoms with Crippen LogP contribution in [-0.4, -0.2) is 18.4 Å². The molecule has 0 saturated heterocycles. The van der Waals surface area contributed by atoms with Gasteiger partial charge in [0.2, 0.25) is 0 Å². The van der Waals surface area contributed by atoms with Crippen LogP contribution in [0.15, 0.2) is 36.4 Å². The van der Waals surface area contributed by atoms with Crippen LogP contribution in [0.3, 0.4) is 0 Å². The first kappa shape index (κ1) is 17.2. The minimum absolute atomic E-state index is 0.0359. The first-order chi connectivity index (χ1) is 10.9. The summed E-state index contributed by atoms with van der Waals surface area (Å²) in [6.45, 7) is 2.30. The van der Waals surface area contributed by atoms with Gasteiger partial charge in [-0.1, -0.05) is 29.3 Å². The Balaban J connectivity index is 2.22. The molecular weight excluding hydrogens is 342 g/mol. The largest absolute Gasteiger partial charge is 0.352 e. The van der Waals surface area contributed by atoms with E-state index < -0.39 is 11.7 Å². The van der Waals surface area contributed by atoms with E-state index in [0.29, 0.717) is 17.8 Å². The molecular formula is C16H13Cl2FN2O2. The Morgan fingerprint density at radius 3 is 2.52 bits per heavy atom. The van der Waals surface area contributed by atoms with E-state index in [-0.39, 0.29) is 21.5 Å². The lowest BCUT2D eigenvalue weighted by Crippen LogP contribution is -2.22. The summed E-state index contributed by atoms with van der Waals surface area (Å²) < 4.78 is 13.5. The number of hydrogen-bond donors (Lipinski definition) is 2. The monoisotopic (exact) mass is 354 g/mol. The van der Waals surface area contributed by atoms with E-state index >= 15 is 0 Å². The van der Waals surface area contributed by atoms with Crippen LogP contribution in [0.4, 0.5) is 10.1 Å². The molecule has 2 amide bonds. The predicted molar refractivity (Wildman–Crippen MR) is 88.8 cm³/mol. The molecule has 0 aliphatic rings. The van der Waals surface area contributed by atoms with Crippen LogP contribution in [0.2, 0.25) is 10.0 Å². The van der Waals surface area contributed by atoms with Gasteiger partial charge in [-0.15, -0.1) is 0 Å². The zero-order chi connectivity index (χ0) is 17.0. The zero-order valence-electron chi connectivity index (χ0n) is 12.1. The number of amides is 2. The van der Waals surface area contributed by atoms with Gasteiger partial charge in [0.05, 0.1) is 15.6 Å². The van der Waals surface area contributed by atoms with Crippen molar-refractivity contribution in [2.75, 3.05) is 11.9 Å². The van der Waals surface area contributed by atoms with E-state index in [9.17, 15) is 14.0 Å². The molecule has 0 aliphatic heterocycles. The summed E-state index contributed by atoms with van der Waals surface area (Å²) in [5.41, 5.74) is 0.750. The van der Waals surface area contributed by atoms with Gasteiger partial charge in [0.1, 0.15) is 5.82 Å². The summed E-state index contributed by atoms with van der Waals surface area (Å²) in [6, 6.07) is 8.51. The lowest BCUT2D eigenvalue weighted by molar-refractivity contribution is 0.0954. The number of carbonyl (C=O) groups excluding carboxylic acids is 2. The topological polar surface area (TPSA) is 58.2 Å². The maximum absolute atomic E-state index is 13.5. The molecule has 120 valence electrons. The molecule has 0 aliphatic carbocycles. The molecule has 23 heavy (non-hydrogen) atoms. The Morgan fingerprint density at radius 2 is 1.83 bits per heavy atom. The molecule has 4 nitrogen and oxygen atoms in total. The molecule has 2 N–H and O–H groups in total. The van der Waals surface area contributed by atoms with E-state index in [1.165, 1.54) is 12.1 Å². The summed E-state index contributed by atoms with van der Waals surface area (Å²) >= 11 is 11.5. The van der Waals surface area contributed by atoms with Crippen LogP contribution in [0.1, 0.15) is 27.6 Å². The molecule has 0 saturated carbocycles. The van der Waals surface area contributed by atoms with Gasteiger partial charge in [-0.25, -0.2) is 4.39 Å². The van der Waals surface area contributed by atoms with Crippen molar-refractivity contribution in [3.8, 4) is 0 Å². The molecule has 0 unspecified atom stereocenters. The molecule has 0 aromatic heterocycles. The Bertz CT molecular complexity index is 766. The molecule has 0 heterocycles. The van der Waals surface area contributed by atoms with Crippen molar-refractivity contribution in [1.82, 2.24) is 5.32 Å². The summed E-state index contributed by atoms with van der Waals surface area (Å²) in [5, 5.41) is 5.10. The average Bonchev–Trinajstić information content (AvgIpc) is 2.51. The highest BCUT2D eigenvalue weighted by atomic mass is 35.5. The highest BCUT2D eigenvalue weighted by molar-refractivity contribution is 6.37. The zero-order valence-corrected chi connectivity index (χ0v) is 13.6. The van der Waals surface area contributed by atoms with Gasteiger partial charge >= 0.3 is 0 Å². The second-order valence-electron chi connectivity index (χ2n) is 4.64. The van der Waals surface area contributed by atoms with E-state index in [2.05, 4.69) is 10.6 Å². The van der Waals surface area contributed by atoms with Crippen molar-refractivity contribution < 1.29 is 14.0 Å². The first-order valence-electron chi connectivity index (χ1n) is 6.76. The normalized spacial score (nSPS) is 10.3. The molecule has 0 radical (unpaired) electrons. The third-order valence-corrected chi connectivity index (χ3v) is 3.58. The SMILES string of the molecule is CCNC(=O)c1cccc(NC(=O)c2cc(F)c(Cl)cc2Cl)c1. The van der Waals surface area contributed by atoms with Crippen LogP contribution in [0, 0.1) is 5.82 Å². The van der Waals surface area contributed by atoms with Crippen molar-refractivity contribution in [2.24, 2.45) is 0 Å². The number of hydrogen-bond acceptors (Lipinski definition) is 2. The quantitative estimate of drug-likeness (QED) is 0.810. The molecule has 0 spiro atoms. The highest BCUT2D eigenvalue weighted by Crippen LogP contribution is 2.25. The summed E-state index contributed by atoms with van der Waals surface area (Å²) in [4.78, 5) is 24.0. The van der Waals surface area contributed by atoms with Gasteiger partial charge in [-0.2, -0.15) is 0 Å². The van der Waals surface area contributed by atoms with Gasteiger partial charge in [0.25, 0.3) is 11.8 Å². The Hall–Kier alpha value is -2.11. The number of anilines is 1. The average molecular weight is 355 g/mol. The smallest absolute Gasteiger partial charge is 0.257 e. The van der Waals surface area contributed by atoms with E-state index in [1.807, 2.05) is 0 Å². The molecule has 2 aromatic rings. The fourth-order valence-corrected chi connectivity index (χ4v) is 2.36. The number of rotatable bonds is 4. The third-order valence-electron chi connectivity index (χ3n) is 2.97. The molecule has 7 heteroatoms. The van der Waals surface area contributed by atoms with Crippen LogP contribution in [0.25, 0.3) is 0 Å². The maximum atomic E-state index is 13.5. The molecule has 0 bridgehead atoms. The third kappa shape index (κ3) is 4.21. The van der Waals surface area contributed by atoms with Gasteiger partial charge in [0.15, 0.2) is 0 Å². The van der Waals surface area contributed by atoms with Crippen molar-refractivity contribution in [2.45, 2.75) is 6.92 Å². The van der Waals surface area contributed by atoms with Gasteiger partial charge in [-0.3, -0.25) is 9.59 Å². The number of benzene rings is 2. The Morgan fingerprint density at radius 1 is 1.09 bits per heavy atom. The first-order valence-corrected chi connectivity index (χ1v) is 7.52. The summed E-state index contributed by atoms with van der Waals surface area (Å²) in [5.74, 6) is -1.59. The second-order valence-corrected chi connectivity index (χ2v) is 5.45. The van der Waals surface area contributed by atoms with Crippen LogP contribution < -0.4 is 10.6 Å². The minimum atomic E-state index is -0.739. The van der Waals surface area contributed by atoms with Gasteiger partial charge < -0.3 is 10.6 Å².